The fourth-order valence-corrected chi connectivity index (χ4v) is 2.62. The van der Waals surface area contributed by atoms with Crippen LogP contribution in [-0.4, -0.2) is 36.0 Å². The van der Waals surface area contributed by atoms with Crippen molar-refractivity contribution in [3.8, 4) is 0 Å². The van der Waals surface area contributed by atoms with Crippen LogP contribution in [0.3, 0.4) is 0 Å². The molecule has 0 atom stereocenters. The topological polar surface area (TPSA) is 78.9 Å². The summed E-state index contributed by atoms with van der Waals surface area (Å²) in [5.41, 5.74) is 0. The van der Waals surface area contributed by atoms with Gasteiger partial charge in [-0.15, -0.1) is 11.3 Å². The molecule has 0 aliphatic carbocycles. The molecule has 0 aliphatic rings. The summed E-state index contributed by atoms with van der Waals surface area (Å²) < 4.78 is 0. The number of thiophene rings is 1. The molecule has 2 rings (SSSR count). The fraction of sp³-hybridized carbons (Fsp3) is 0.462. The van der Waals surface area contributed by atoms with Gasteiger partial charge in [0.25, 0.3) is 0 Å². The maximum atomic E-state index is 11.4. The van der Waals surface area contributed by atoms with Crippen LogP contribution in [0.2, 0.25) is 0 Å². The van der Waals surface area contributed by atoms with E-state index in [9.17, 15) is 4.79 Å². The number of rotatable bonds is 6. The second-order valence-corrected chi connectivity index (χ2v) is 5.66. The van der Waals surface area contributed by atoms with Gasteiger partial charge in [0.15, 0.2) is 0 Å². The Morgan fingerprint density at radius 1 is 1.35 bits per heavy atom. The third-order valence-corrected chi connectivity index (χ3v) is 3.69. The van der Waals surface area contributed by atoms with Gasteiger partial charge in [0, 0.05) is 18.5 Å². The van der Waals surface area contributed by atoms with Gasteiger partial charge >= 0.3 is 0 Å². The third kappa shape index (κ3) is 3.36. The average Bonchev–Trinajstić information content (AvgIpc) is 2.82. The van der Waals surface area contributed by atoms with E-state index in [1.165, 1.54) is 4.88 Å². The van der Waals surface area contributed by atoms with Gasteiger partial charge in [-0.05, 0) is 19.4 Å². The number of carbonyl (C=O) groups is 1. The number of nitrogens with zero attached hydrogens (tertiary/aromatic N) is 2. The van der Waals surface area contributed by atoms with E-state index in [0.717, 1.165) is 23.2 Å². The van der Waals surface area contributed by atoms with Gasteiger partial charge in [-0.1, -0.05) is 6.92 Å². The number of amides is 1. The molecule has 0 aromatic carbocycles. The Kier molecular flexibility index (Phi) is 4.73. The smallest absolute Gasteiger partial charge is 0.239 e. The van der Waals surface area contributed by atoms with Crippen LogP contribution in [-0.2, 0) is 4.79 Å². The van der Waals surface area contributed by atoms with Gasteiger partial charge < -0.3 is 16.0 Å². The molecular formula is C13H19N5OS. The molecule has 7 heteroatoms. The Bertz CT molecular complexity index is 610. The summed E-state index contributed by atoms with van der Waals surface area (Å²) in [7, 11) is 1.61. The van der Waals surface area contributed by atoms with Crippen LogP contribution in [0, 0.1) is 6.92 Å². The van der Waals surface area contributed by atoms with Crippen molar-refractivity contribution in [2.75, 3.05) is 30.8 Å². The summed E-state index contributed by atoms with van der Waals surface area (Å²) in [5.74, 6) is 1.22. The largest absolute Gasteiger partial charge is 0.360 e. The Labute approximate surface area is 122 Å². The number of hydrogen-bond donors (Lipinski definition) is 3. The minimum Gasteiger partial charge on any atom is -0.360 e. The summed E-state index contributed by atoms with van der Waals surface area (Å²) in [6.07, 6.45) is 1.01. The van der Waals surface area contributed by atoms with E-state index in [-0.39, 0.29) is 12.5 Å². The van der Waals surface area contributed by atoms with E-state index in [4.69, 9.17) is 0 Å². The first-order valence-corrected chi connectivity index (χ1v) is 7.42. The monoisotopic (exact) mass is 293 g/mol. The Morgan fingerprint density at radius 3 is 2.85 bits per heavy atom. The molecule has 108 valence electrons. The molecule has 2 aromatic rings. The lowest BCUT2D eigenvalue weighted by atomic mass is 10.3. The highest BCUT2D eigenvalue weighted by Crippen LogP contribution is 2.29. The maximum Gasteiger partial charge on any atom is 0.239 e. The van der Waals surface area contributed by atoms with Crippen LogP contribution >= 0.6 is 11.3 Å². The highest BCUT2D eigenvalue weighted by atomic mass is 32.1. The molecule has 2 heterocycles. The van der Waals surface area contributed by atoms with Crippen molar-refractivity contribution in [1.82, 2.24) is 15.3 Å². The molecule has 1 amide bonds. The molecule has 0 saturated heterocycles. The lowest BCUT2D eigenvalue weighted by Gasteiger charge is -2.09. The van der Waals surface area contributed by atoms with E-state index in [0.29, 0.717) is 11.8 Å². The van der Waals surface area contributed by atoms with Crippen molar-refractivity contribution in [2.45, 2.75) is 20.3 Å². The molecule has 0 unspecified atom stereocenters. The van der Waals surface area contributed by atoms with E-state index in [1.54, 1.807) is 18.4 Å². The van der Waals surface area contributed by atoms with Gasteiger partial charge in [0.05, 0.1) is 11.9 Å². The number of anilines is 2. The Balaban J connectivity index is 2.30. The van der Waals surface area contributed by atoms with Crippen LogP contribution < -0.4 is 16.0 Å². The van der Waals surface area contributed by atoms with Crippen LogP contribution in [0.25, 0.3) is 10.2 Å². The molecule has 3 N–H and O–H groups in total. The normalized spacial score (nSPS) is 10.6. The quantitative estimate of drug-likeness (QED) is 0.759. The minimum absolute atomic E-state index is 0.0771. The third-order valence-electron chi connectivity index (χ3n) is 2.74. The summed E-state index contributed by atoms with van der Waals surface area (Å²) >= 11 is 1.62. The van der Waals surface area contributed by atoms with Crippen molar-refractivity contribution < 1.29 is 4.79 Å². The Morgan fingerprint density at radius 2 is 2.15 bits per heavy atom. The molecule has 20 heavy (non-hydrogen) atoms. The first kappa shape index (κ1) is 14.5. The second kappa shape index (κ2) is 6.51. The molecular weight excluding hydrogens is 274 g/mol. The summed E-state index contributed by atoms with van der Waals surface area (Å²) in [4.78, 5) is 22.4. The SMILES string of the molecule is CCCNc1nc(NCC(=O)NC)c2cc(C)sc2n1. The number of hydrogen-bond acceptors (Lipinski definition) is 6. The highest BCUT2D eigenvalue weighted by Gasteiger charge is 2.11. The minimum atomic E-state index is -0.0771. The van der Waals surface area contributed by atoms with E-state index >= 15 is 0 Å². The number of aromatic nitrogens is 2. The number of nitrogens with one attached hydrogen (secondary N) is 3. The first-order chi connectivity index (χ1) is 9.63. The molecule has 0 bridgehead atoms. The molecule has 2 aromatic heterocycles. The van der Waals surface area contributed by atoms with Crippen LogP contribution in [0.5, 0.6) is 0 Å². The molecule has 0 aliphatic heterocycles. The van der Waals surface area contributed by atoms with E-state index in [2.05, 4.69) is 32.8 Å². The van der Waals surface area contributed by atoms with Crippen molar-refractivity contribution in [1.29, 1.82) is 0 Å². The average molecular weight is 293 g/mol. The Hall–Kier alpha value is -1.89. The van der Waals surface area contributed by atoms with Gasteiger partial charge in [-0.25, -0.2) is 4.98 Å². The van der Waals surface area contributed by atoms with Crippen molar-refractivity contribution in [3.63, 3.8) is 0 Å². The number of likely N-dealkylation sites (N-methyl/N-ethyl adjacent to an activating group) is 1. The zero-order valence-electron chi connectivity index (χ0n) is 11.9. The van der Waals surface area contributed by atoms with E-state index in [1.807, 2.05) is 13.0 Å². The lowest BCUT2D eigenvalue weighted by Crippen LogP contribution is -2.26. The van der Waals surface area contributed by atoms with Crippen LogP contribution in [0.4, 0.5) is 11.8 Å². The fourth-order valence-electron chi connectivity index (χ4n) is 1.74. The molecule has 6 nitrogen and oxygen atoms in total. The van der Waals surface area contributed by atoms with Crippen molar-refractivity contribution in [3.05, 3.63) is 10.9 Å². The number of fused-ring (bicyclic) bond motifs is 1. The number of carbonyl (C=O) groups excluding carboxylic acids is 1. The van der Waals surface area contributed by atoms with Gasteiger partial charge in [-0.2, -0.15) is 4.98 Å². The highest BCUT2D eigenvalue weighted by molar-refractivity contribution is 7.18. The zero-order chi connectivity index (χ0) is 14.5. The van der Waals surface area contributed by atoms with Gasteiger partial charge in [0.1, 0.15) is 10.6 Å². The first-order valence-electron chi connectivity index (χ1n) is 6.60. The molecule has 0 saturated carbocycles. The van der Waals surface area contributed by atoms with Crippen LogP contribution in [0.1, 0.15) is 18.2 Å². The number of aryl methyl sites for hydroxylation is 1. The lowest BCUT2D eigenvalue weighted by molar-refractivity contribution is -0.118. The maximum absolute atomic E-state index is 11.4. The zero-order valence-corrected chi connectivity index (χ0v) is 12.7. The predicted octanol–water partition coefficient (Wildman–Crippen LogP) is 1.98. The van der Waals surface area contributed by atoms with Crippen molar-refractivity contribution >= 4 is 39.2 Å². The summed E-state index contributed by atoms with van der Waals surface area (Å²) in [5, 5.41) is 9.79. The van der Waals surface area contributed by atoms with Gasteiger partial charge in [0.2, 0.25) is 11.9 Å². The second-order valence-electron chi connectivity index (χ2n) is 4.43. The molecule has 0 spiro atoms. The van der Waals surface area contributed by atoms with Crippen LogP contribution in [0.15, 0.2) is 6.07 Å². The van der Waals surface area contributed by atoms with Gasteiger partial charge in [-0.3, -0.25) is 4.79 Å². The van der Waals surface area contributed by atoms with Crippen molar-refractivity contribution in [2.24, 2.45) is 0 Å². The summed E-state index contributed by atoms with van der Waals surface area (Å²) in [6.45, 7) is 5.15. The van der Waals surface area contributed by atoms with E-state index < -0.39 is 0 Å². The molecule has 0 radical (unpaired) electrons. The standard InChI is InChI=1S/C13H19N5OS/c1-4-5-15-13-17-11(16-7-10(19)14-3)9-6-8(2)20-12(9)18-13/h6H,4-5,7H2,1-3H3,(H,14,19)(H2,15,16,17,18). The molecule has 0 fully saturated rings. The predicted molar refractivity (Wildman–Crippen MR) is 83.5 cm³/mol. The summed E-state index contributed by atoms with van der Waals surface area (Å²) in [6, 6.07) is 2.04.